The number of nitrogens with one attached hydrogen (secondary N) is 1. The molecule has 0 aliphatic carbocycles. The lowest BCUT2D eigenvalue weighted by molar-refractivity contribution is 0.0162. The van der Waals surface area contributed by atoms with E-state index in [9.17, 15) is 9.18 Å². The maximum atomic E-state index is 13.8. The maximum Gasteiger partial charge on any atom is 0.254 e. The minimum absolute atomic E-state index is 0.0422. The molecular weight excluding hydrogens is 331 g/mol. The standard InChI is InChI=1S/C21H25FN2O2/c1-2-16-7-9-17(10-8-16)20(24-11-13-26-14-12-24)15-23-21(25)18-5-3-4-6-19(18)22/h3-10,20H,2,11-15H2,1H3,(H,23,25). The number of carbonyl (C=O) groups excluding carboxylic acids is 1. The summed E-state index contributed by atoms with van der Waals surface area (Å²) in [6, 6.07) is 14.6. The second kappa shape index (κ2) is 8.92. The molecule has 0 radical (unpaired) electrons. The number of aryl methyl sites for hydroxylation is 1. The van der Waals surface area contributed by atoms with Gasteiger partial charge in [-0.05, 0) is 29.7 Å². The van der Waals surface area contributed by atoms with E-state index in [1.807, 2.05) is 0 Å². The lowest BCUT2D eigenvalue weighted by Crippen LogP contribution is -2.43. The summed E-state index contributed by atoms with van der Waals surface area (Å²) in [5.74, 6) is -0.883. The van der Waals surface area contributed by atoms with Crippen molar-refractivity contribution in [1.29, 1.82) is 0 Å². The van der Waals surface area contributed by atoms with Crippen LogP contribution in [0.5, 0.6) is 0 Å². The minimum atomic E-state index is -0.500. The van der Waals surface area contributed by atoms with Crippen molar-refractivity contribution in [3.8, 4) is 0 Å². The highest BCUT2D eigenvalue weighted by atomic mass is 19.1. The van der Waals surface area contributed by atoms with Crippen molar-refractivity contribution in [3.05, 3.63) is 71.0 Å². The summed E-state index contributed by atoms with van der Waals surface area (Å²) in [7, 11) is 0. The molecule has 0 aromatic heterocycles. The number of morpholine rings is 1. The fourth-order valence-electron chi connectivity index (χ4n) is 3.25. The highest BCUT2D eigenvalue weighted by molar-refractivity contribution is 5.94. The molecule has 1 unspecified atom stereocenters. The Labute approximate surface area is 154 Å². The Morgan fingerprint density at radius 2 is 1.85 bits per heavy atom. The SMILES string of the molecule is CCc1ccc(C(CNC(=O)c2ccccc2F)N2CCOCC2)cc1. The molecule has 1 saturated heterocycles. The Morgan fingerprint density at radius 1 is 1.15 bits per heavy atom. The molecule has 1 fully saturated rings. The van der Waals surface area contributed by atoms with Crippen molar-refractivity contribution < 1.29 is 13.9 Å². The number of amides is 1. The van der Waals surface area contributed by atoms with Crippen molar-refractivity contribution >= 4 is 5.91 Å². The number of benzene rings is 2. The number of halogens is 1. The zero-order valence-electron chi connectivity index (χ0n) is 15.1. The molecule has 0 spiro atoms. The number of rotatable bonds is 6. The van der Waals surface area contributed by atoms with Crippen molar-refractivity contribution in [2.24, 2.45) is 0 Å². The lowest BCUT2D eigenvalue weighted by Gasteiger charge is -2.35. The zero-order chi connectivity index (χ0) is 18.4. The van der Waals surface area contributed by atoms with E-state index < -0.39 is 5.82 Å². The predicted molar refractivity (Wildman–Crippen MR) is 99.7 cm³/mol. The number of hydrogen-bond donors (Lipinski definition) is 1. The van der Waals surface area contributed by atoms with Gasteiger partial charge in [0.2, 0.25) is 0 Å². The van der Waals surface area contributed by atoms with Gasteiger partial charge in [0.25, 0.3) is 5.91 Å². The largest absolute Gasteiger partial charge is 0.379 e. The van der Waals surface area contributed by atoms with Crippen LogP contribution in [0.4, 0.5) is 4.39 Å². The van der Waals surface area contributed by atoms with Gasteiger partial charge in [0.15, 0.2) is 0 Å². The van der Waals surface area contributed by atoms with E-state index in [0.717, 1.165) is 25.1 Å². The Morgan fingerprint density at radius 3 is 2.50 bits per heavy atom. The van der Waals surface area contributed by atoms with E-state index in [2.05, 4.69) is 41.4 Å². The third-order valence-electron chi connectivity index (χ3n) is 4.83. The molecule has 1 aliphatic rings. The van der Waals surface area contributed by atoms with Crippen LogP contribution in [0.3, 0.4) is 0 Å². The number of carbonyl (C=O) groups is 1. The van der Waals surface area contributed by atoms with E-state index in [4.69, 9.17) is 4.74 Å². The molecule has 26 heavy (non-hydrogen) atoms. The van der Waals surface area contributed by atoms with Gasteiger partial charge in [0.1, 0.15) is 5.82 Å². The van der Waals surface area contributed by atoms with Crippen LogP contribution in [0.15, 0.2) is 48.5 Å². The summed E-state index contributed by atoms with van der Waals surface area (Å²) in [6.45, 7) is 5.56. The fourth-order valence-corrected chi connectivity index (χ4v) is 3.25. The quantitative estimate of drug-likeness (QED) is 0.864. The first-order valence-electron chi connectivity index (χ1n) is 9.12. The minimum Gasteiger partial charge on any atom is -0.379 e. The van der Waals surface area contributed by atoms with Crippen molar-refractivity contribution in [3.63, 3.8) is 0 Å². The summed E-state index contributed by atoms with van der Waals surface area (Å²) in [6.07, 6.45) is 0.993. The molecule has 138 valence electrons. The van der Waals surface area contributed by atoms with Crippen LogP contribution < -0.4 is 5.32 Å². The van der Waals surface area contributed by atoms with Crippen LogP contribution in [0, 0.1) is 5.82 Å². The van der Waals surface area contributed by atoms with Gasteiger partial charge < -0.3 is 10.1 Å². The normalized spacial score (nSPS) is 16.2. The highest BCUT2D eigenvalue weighted by Crippen LogP contribution is 2.22. The monoisotopic (exact) mass is 356 g/mol. The second-order valence-corrected chi connectivity index (χ2v) is 6.45. The Bertz CT molecular complexity index is 727. The molecule has 0 saturated carbocycles. The third kappa shape index (κ3) is 4.48. The van der Waals surface area contributed by atoms with Crippen molar-refractivity contribution in [1.82, 2.24) is 10.2 Å². The molecule has 1 aliphatic heterocycles. The molecule has 1 N–H and O–H groups in total. The molecule has 3 rings (SSSR count). The predicted octanol–water partition coefficient (Wildman–Crippen LogP) is 3.19. The first kappa shape index (κ1) is 18.5. The van der Waals surface area contributed by atoms with Gasteiger partial charge >= 0.3 is 0 Å². The van der Waals surface area contributed by atoms with Gasteiger partial charge in [0.05, 0.1) is 24.8 Å². The molecule has 0 bridgehead atoms. The summed E-state index contributed by atoms with van der Waals surface area (Å²) >= 11 is 0. The number of hydrogen-bond acceptors (Lipinski definition) is 3. The smallest absolute Gasteiger partial charge is 0.254 e. The number of ether oxygens (including phenoxy) is 1. The van der Waals surface area contributed by atoms with Gasteiger partial charge in [0, 0.05) is 19.6 Å². The average molecular weight is 356 g/mol. The molecular formula is C21H25FN2O2. The molecule has 1 heterocycles. The van der Waals surface area contributed by atoms with E-state index in [-0.39, 0.29) is 17.5 Å². The second-order valence-electron chi connectivity index (χ2n) is 6.45. The third-order valence-corrected chi connectivity index (χ3v) is 4.83. The molecule has 4 nitrogen and oxygen atoms in total. The Hall–Kier alpha value is -2.24. The lowest BCUT2D eigenvalue weighted by atomic mass is 10.0. The summed E-state index contributed by atoms with van der Waals surface area (Å²) in [5.41, 5.74) is 2.51. The van der Waals surface area contributed by atoms with E-state index in [1.54, 1.807) is 12.1 Å². The van der Waals surface area contributed by atoms with E-state index in [1.165, 1.54) is 17.7 Å². The first-order valence-corrected chi connectivity index (χ1v) is 9.12. The van der Waals surface area contributed by atoms with E-state index >= 15 is 0 Å². The Balaban J connectivity index is 1.74. The van der Waals surface area contributed by atoms with Crippen LogP contribution in [-0.2, 0) is 11.2 Å². The average Bonchev–Trinajstić information content (AvgIpc) is 2.69. The van der Waals surface area contributed by atoms with Gasteiger partial charge in [-0.3, -0.25) is 9.69 Å². The maximum absolute atomic E-state index is 13.8. The van der Waals surface area contributed by atoms with Crippen LogP contribution in [0.25, 0.3) is 0 Å². The number of nitrogens with zero attached hydrogens (tertiary/aromatic N) is 1. The highest BCUT2D eigenvalue weighted by Gasteiger charge is 2.23. The van der Waals surface area contributed by atoms with E-state index in [0.29, 0.717) is 19.8 Å². The van der Waals surface area contributed by atoms with Gasteiger partial charge in [-0.15, -0.1) is 0 Å². The topological polar surface area (TPSA) is 41.6 Å². The molecule has 1 amide bonds. The van der Waals surface area contributed by atoms with Gasteiger partial charge in [-0.25, -0.2) is 4.39 Å². The van der Waals surface area contributed by atoms with Crippen LogP contribution >= 0.6 is 0 Å². The zero-order valence-corrected chi connectivity index (χ0v) is 15.1. The molecule has 5 heteroatoms. The summed E-state index contributed by atoms with van der Waals surface area (Å²) in [4.78, 5) is 14.7. The fraction of sp³-hybridized carbons (Fsp3) is 0.381. The molecule has 2 aromatic carbocycles. The summed E-state index contributed by atoms with van der Waals surface area (Å²) < 4.78 is 19.3. The van der Waals surface area contributed by atoms with Crippen LogP contribution in [0.2, 0.25) is 0 Å². The Kier molecular flexibility index (Phi) is 6.36. The van der Waals surface area contributed by atoms with Crippen molar-refractivity contribution in [2.45, 2.75) is 19.4 Å². The van der Waals surface area contributed by atoms with Gasteiger partial charge in [-0.2, -0.15) is 0 Å². The first-order chi connectivity index (χ1) is 12.7. The van der Waals surface area contributed by atoms with Gasteiger partial charge in [-0.1, -0.05) is 43.3 Å². The molecule has 2 aromatic rings. The molecule has 1 atom stereocenters. The van der Waals surface area contributed by atoms with Crippen molar-refractivity contribution in [2.75, 3.05) is 32.8 Å². The van der Waals surface area contributed by atoms with Crippen LogP contribution in [0.1, 0.15) is 34.5 Å². The van der Waals surface area contributed by atoms with Crippen LogP contribution in [-0.4, -0.2) is 43.7 Å². The summed E-state index contributed by atoms with van der Waals surface area (Å²) in [5, 5.41) is 2.90.